The lowest BCUT2D eigenvalue weighted by Gasteiger charge is -2.24. The first kappa shape index (κ1) is 45.2. The number of esters is 1. The number of quaternary nitrogens is 1. The van der Waals surface area contributed by atoms with Gasteiger partial charge in [-0.3, -0.25) is 13.8 Å². The van der Waals surface area contributed by atoms with Crippen molar-refractivity contribution in [3.63, 3.8) is 0 Å². The van der Waals surface area contributed by atoms with Crippen LogP contribution in [0.1, 0.15) is 162 Å². The van der Waals surface area contributed by atoms with E-state index in [4.69, 9.17) is 18.5 Å². The molecular weight excluding hydrogens is 601 g/mol. The number of hydrogen-bond donors (Lipinski definition) is 1. The van der Waals surface area contributed by atoms with Gasteiger partial charge in [0, 0.05) is 13.0 Å². The van der Waals surface area contributed by atoms with Crippen LogP contribution in [0.4, 0.5) is 0 Å². The highest BCUT2D eigenvalue weighted by Crippen LogP contribution is 2.43. The monoisotopic (exact) mass is 677 g/mol. The van der Waals surface area contributed by atoms with E-state index >= 15 is 0 Å². The molecule has 0 aliphatic rings. The summed E-state index contributed by atoms with van der Waals surface area (Å²) >= 11 is 0. The number of rotatable bonds is 35. The molecule has 0 bridgehead atoms. The number of carbonyl (C=O) groups excluding carboxylic acids is 1. The minimum Gasteiger partial charge on any atom is -0.457 e. The van der Waals surface area contributed by atoms with E-state index in [1.165, 1.54) is 109 Å². The molecule has 0 aromatic heterocycles. The second-order valence-electron chi connectivity index (χ2n) is 14.0. The number of carbonyl (C=O) groups is 1. The van der Waals surface area contributed by atoms with Crippen LogP contribution in [-0.2, 0) is 27.9 Å². The van der Waals surface area contributed by atoms with Gasteiger partial charge in [0.05, 0.1) is 34.4 Å². The van der Waals surface area contributed by atoms with Gasteiger partial charge in [-0.1, -0.05) is 129 Å². The highest BCUT2D eigenvalue weighted by molar-refractivity contribution is 7.47. The fourth-order valence-electron chi connectivity index (χ4n) is 5.08. The van der Waals surface area contributed by atoms with E-state index in [0.717, 1.165) is 32.1 Å². The summed E-state index contributed by atoms with van der Waals surface area (Å²) in [6, 6.07) is 0. The summed E-state index contributed by atoms with van der Waals surface area (Å²) in [5, 5.41) is 0. The lowest BCUT2D eigenvalue weighted by molar-refractivity contribution is -0.870. The van der Waals surface area contributed by atoms with E-state index in [1.807, 2.05) is 21.1 Å². The van der Waals surface area contributed by atoms with Gasteiger partial charge in [0.2, 0.25) is 0 Å². The smallest absolute Gasteiger partial charge is 0.457 e. The molecule has 0 aromatic carbocycles. The van der Waals surface area contributed by atoms with Crippen LogP contribution in [0.5, 0.6) is 0 Å². The third kappa shape index (κ3) is 34.6. The predicted molar refractivity (Wildman–Crippen MR) is 192 cm³/mol. The molecule has 0 saturated heterocycles. The zero-order valence-corrected chi connectivity index (χ0v) is 31.7. The molecule has 1 N–H and O–H groups in total. The van der Waals surface area contributed by atoms with E-state index in [-0.39, 0.29) is 25.8 Å². The fourth-order valence-corrected chi connectivity index (χ4v) is 5.82. The number of hydrogen-bond acceptors (Lipinski definition) is 6. The summed E-state index contributed by atoms with van der Waals surface area (Å²) in [6.07, 6.45) is 30.9. The SMILES string of the molecule is CCCCC/C=C\CCCCCCCCOCC(COP(=O)(O)OCC[N+](C)(C)C)OC(=O)CCCCCCCCCCCCC. The molecule has 2 unspecified atom stereocenters. The van der Waals surface area contributed by atoms with Crippen molar-refractivity contribution in [2.45, 2.75) is 168 Å². The topological polar surface area (TPSA) is 91.3 Å². The highest BCUT2D eigenvalue weighted by atomic mass is 31.2. The Balaban J connectivity index is 4.30. The number of phosphoric ester groups is 1. The van der Waals surface area contributed by atoms with Crippen LogP contribution in [0, 0.1) is 0 Å². The molecule has 0 spiro atoms. The lowest BCUT2D eigenvalue weighted by atomic mass is 10.1. The van der Waals surface area contributed by atoms with Crippen molar-refractivity contribution >= 4 is 13.8 Å². The van der Waals surface area contributed by atoms with Crippen molar-refractivity contribution in [2.24, 2.45) is 0 Å². The molecule has 2 atom stereocenters. The Morgan fingerprint density at radius 2 is 1.13 bits per heavy atom. The number of phosphoric acid groups is 1. The lowest BCUT2D eigenvalue weighted by Crippen LogP contribution is -2.37. The van der Waals surface area contributed by atoms with E-state index in [1.54, 1.807) is 0 Å². The molecule has 0 fully saturated rings. The largest absolute Gasteiger partial charge is 0.472 e. The van der Waals surface area contributed by atoms with E-state index in [2.05, 4.69) is 26.0 Å². The van der Waals surface area contributed by atoms with Gasteiger partial charge in [-0.15, -0.1) is 0 Å². The second kappa shape index (κ2) is 31.5. The maximum atomic E-state index is 12.6. The Labute approximate surface area is 284 Å². The van der Waals surface area contributed by atoms with Crippen LogP contribution in [-0.4, -0.2) is 75.6 Å². The Bertz CT molecular complexity index is 756. The zero-order valence-electron chi connectivity index (χ0n) is 30.8. The van der Waals surface area contributed by atoms with Crippen LogP contribution in [0.25, 0.3) is 0 Å². The van der Waals surface area contributed by atoms with Crippen molar-refractivity contribution in [1.29, 1.82) is 0 Å². The molecule has 0 amide bonds. The maximum absolute atomic E-state index is 12.6. The van der Waals surface area contributed by atoms with Crippen LogP contribution < -0.4 is 0 Å². The summed E-state index contributed by atoms with van der Waals surface area (Å²) in [6.45, 7) is 5.59. The number of unbranched alkanes of at least 4 members (excludes halogenated alkanes) is 19. The van der Waals surface area contributed by atoms with Crippen molar-refractivity contribution in [3.8, 4) is 0 Å². The maximum Gasteiger partial charge on any atom is 0.472 e. The summed E-state index contributed by atoms with van der Waals surface area (Å²) in [4.78, 5) is 22.7. The van der Waals surface area contributed by atoms with Gasteiger partial charge in [-0.2, -0.15) is 0 Å². The standard InChI is InChI=1S/C37H74NO7P/c1-6-8-10-12-14-16-18-19-21-23-25-27-29-32-42-34-36(35-44-46(40,41)43-33-31-38(3,4)5)45-37(39)30-28-26-24-22-20-17-15-13-11-9-7-2/h14,16,36H,6-13,15,17-35H2,1-5H3/p+1/b16-14-. The van der Waals surface area contributed by atoms with Crippen LogP contribution in [0.3, 0.4) is 0 Å². The molecule has 9 heteroatoms. The molecule has 0 aromatic rings. The van der Waals surface area contributed by atoms with Gasteiger partial charge < -0.3 is 18.9 Å². The van der Waals surface area contributed by atoms with Gasteiger partial charge >= 0.3 is 13.8 Å². The minimum atomic E-state index is -4.26. The van der Waals surface area contributed by atoms with Gasteiger partial charge in [0.25, 0.3) is 0 Å². The third-order valence-electron chi connectivity index (χ3n) is 8.08. The van der Waals surface area contributed by atoms with Gasteiger partial charge in [-0.25, -0.2) is 4.57 Å². The number of ether oxygens (including phenoxy) is 2. The van der Waals surface area contributed by atoms with Gasteiger partial charge in [-0.05, 0) is 38.5 Å². The third-order valence-corrected chi connectivity index (χ3v) is 9.06. The first-order valence-electron chi connectivity index (χ1n) is 18.9. The molecule has 46 heavy (non-hydrogen) atoms. The van der Waals surface area contributed by atoms with Crippen molar-refractivity contribution in [2.75, 3.05) is 54.1 Å². The molecule has 8 nitrogen and oxygen atoms in total. The molecule has 0 rings (SSSR count). The molecule has 0 heterocycles. The Morgan fingerprint density at radius 1 is 0.652 bits per heavy atom. The van der Waals surface area contributed by atoms with E-state index in [9.17, 15) is 14.3 Å². The quantitative estimate of drug-likeness (QED) is 0.0235. The molecule has 0 aliphatic heterocycles. The predicted octanol–water partition coefficient (Wildman–Crippen LogP) is 10.3. The summed E-state index contributed by atoms with van der Waals surface area (Å²) in [5.41, 5.74) is 0. The number of allylic oxidation sites excluding steroid dienone is 2. The zero-order chi connectivity index (χ0) is 34.2. The summed E-state index contributed by atoms with van der Waals surface area (Å²) in [7, 11) is 1.67. The molecule has 274 valence electrons. The average Bonchev–Trinajstić information content (AvgIpc) is 2.99. The van der Waals surface area contributed by atoms with Gasteiger partial charge in [0.1, 0.15) is 19.3 Å². The van der Waals surface area contributed by atoms with E-state index < -0.39 is 13.9 Å². The van der Waals surface area contributed by atoms with Crippen molar-refractivity contribution < 1.29 is 37.3 Å². The van der Waals surface area contributed by atoms with Crippen LogP contribution >= 0.6 is 7.82 Å². The molecule has 0 radical (unpaired) electrons. The van der Waals surface area contributed by atoms with Gasteiger partial charge in [0.15, 0.2) is 0 Å². The molecule has 0 saturated carbocycles. The average molecular weight is 677 g/mol. The fraction of sp³-hybridized carbons (Fsp3) is 0.919. The van der Waals surface area contributed by atoms with E-state index in [0.29, 0.717) is 24.1 Å². The number of likely N-dealkylation sites (N-methyl/N-ethyl adjacent to an activating group) is 1. The Morgan fingerprint density at radius 3 is 1.70 bits per heavy atom. The highest BCUT2D eigenvalue weighted by Gasteiger charge is 2.26. The molecular formula is C37H75NO7P+. The molecule has 0 aliphatic carbocycles. The minimum absolute atomic E-state index is 0.0901. The van der Waals surface area contributed by atoms with Crippen LogP contribution in [0.15, 0.2) is 12.2 Å². The normalized spacial score (nSPS) is 14.1. The Kier molecular flexibility index (Phi) is 31.0. The van der Waals surface area contributed by atoms with Crippen molar-refractivity contribution in [3.05, 3.63) is 12.2 Å². The summed E-state index contributed by atoms with van der Waals surface area (Å²) in [5.74, 6) is -0.317. The first-order chi connectivity index (χ1) is 22.1. The van der Waals surface area contributed by atoms with Crippen molar-refractivity contribution in [1.82, 2.24) is 0 Å². The van der Waals surface area contributed by atoms with Crippen LogP contribution in [0.2, 0.25) is 0 Å². The number of nitrogens with zero attached hydrogens (tertiary/aromatic N) is 1. The first-order valence-corrected chi connectivity index (χ1v) is 20.4. The summed E-state index contributed by atoms with van der Waals surface area (Å²) < 4.78 is 34.8. The Hall–Kier alpha value is -0.760. The second-order valence-corrected chi connectivity index (χ2v) is 15.4.